The lowest BCUT2D eigenvalue weighted by atomic mass is 9.97. The van der Waals surface area contributed by atoms with E-state index in [2.05, 4.69) is 41.9 Å². The van der Waals surface area contributed by atoms with E-state index in [1.807, 2.05) is 24.0 Å². The molecular formula is C19H29N7. The highest BCUT2D eigenvalue weighted by atomic mass is 15.3. The van der Waals surface area contributed by atoms with Crippen LogP contribution >= 0.6 is 0 Å². The van der Waals surface area contributed by atoms with Crippen LogP contribution in [0.2, 0.25) is 0 Å². The predicted octanol–water partition coefficient (Wildman–Crippen LogP) is 1.24. The van der Waals surface area contributed by atoms with Crippen molar-refractivity contribution < 1.29 is 0 Å². The zero-order valence-electron chi connectivity index (χ0n) is 15.7. The summed E-state index contributed by atoms with van der Waals surface area (Å²) in [5.74, 6) is 2.94. The fourth-order valence-corrected chi connectivity index (χ4v) is 4.17. The van der Waals surface area contributed by atoms with E-state index in [4.69, 9.17) is 0 Å². The molecule has 2 aliphatic rings. The maximum Gasteiger partial charge on any atom is 0.140 e. The van der Waals surface area contributed by atoms with E-state index in [-0.39, 0.29) is 0 Å². The average Bonchev–Trinajstić information content (AvgIpc) is 3.08. The van der Waals surface area contributed by atoms with Gasteiger partial charge in [-0.15, -0.1) is 0 Å². The number of anilines is 1. The van der Waals surface area contributed by atoms with Crippen molar-refractivity contribution in [3.63, 3.8) is 0 Å². The molecular weight excluding hydrogens is 326 g/mol. The van der Waals surface area contributed by atoms with Gasteiger partial charge in [0, 0.05) is 52.5 Å². The summed E-state index contributed by atoms with van der Waals surface area (Å²) in [6.07, 6.45) is 6.17. The summed E-state index contributed by atoms with van der Waals surface area (Å²) in [4.78, 5) is 16.4. The van der Waals surface area contributed by atoms with Crippen LogP contribution in [-0.2, 0) is 13.6 Å². The van der Waals surface area contributed by atoms with Gasteiger partial charge in [-0.25, -0.2) is 9.97 Å². The molecule has 140 valence electrons. The van der Waals surface area contributed by atoms with Crippen molar-refractivity contribution in [2.24, 2.45) is 13.0 Å². The zero-order valence-corrected chi connectivity index (χ0v) is 15.7. The lowest BCUT2D eigenvalue weighted by Gasteiger charge is -2.39. The molecule has 1 atom stereocenters. The van der Waals surface area contributed by atoms with Crippen molar-refractivity contribution in [3.05, 3.63) is 36.5 Å². The van der Waals surface area contributed by atoms with Crippen molar-refractivity contribution in [2.45, 2.75) is 19.4 Å². The number of likely N-dealkylation sites (tertiary alicyclic amines) is 1. The first-order chi connectivity index (χ1) is 12.8. The lowest BCUT2D eigenvalue weighted by Crippen LogP contribution is -2.49. The molecule has 7 heteroatoms. The van der Waals surface area contributed by atoms with E-state index in [0.29, 0.717) is 0 Å². The molecule has 0 aromatic carbocycles. The van der Waals surface area contributed by atoms with Crippen LogP contribution in [0.5, 0.6) is 0 Å². The molecule has 0 spiro atoms. The quantitative estimate of drug-likeness (QED) is 0.804. The summed E-state index contributed by atoms with van der Waals surface area (Å²) in [5.41, 5.74) is 0. The van der Waals surface area contributed by atoms with E-state index in [9.17, 15) is 0 Å². The SMILES string of the molecule is Cn1ncnc1CN1CCCC(CN2CCN(c3ccccn3)CC2)C1. The van der Waals surface area contributed by atoms with Crippen LogP contribution in [-0.4, -0.2) is 75.4 Å². The van der Waals surface area contributed by atoms with Crippen LogP contribution in [0.4, 0.5) is 5.82 Å². The fourth-order valence-electron chi connectivity index (χ4n) is 4.17. The normalized spacial score (nSPS) is 22.7. The maximum atomic E-state index is 4.48. The van der Waals surface area contributed by atoms with Gasteiger partial charge < -0.3 is 4.90 Å². The van der Waals surface area contributed by atoms with Gasteiger partial charge in [-0.05, 0) is 37.4 Å². The highest BCUT2D eigenvalue weighted by molar-refractivity contribution is 5.38. The van der Waals surface area contributed by atoms with E-state index in [0.717, 1.165) is 50.3 Å². The van der Waals surface area contributed by atoms with Gasteiger partial charge in [0.05, 0.1) is 6.54 Å². The molecule has 2 aromatic rings. The number of aromatic nitrogens is 4. The Morgan fingerprint density at radius 3 is 2.65 bits per heavy atom. The molecule has 0 aliphatic carbocycles. The molecule has 0 radical (unpaired) electrons. The first-order valence-corrected chi connectivity index (χ1v) is 9.71. The van der Waals surface area contributed by atoms with Crippen molar-refractivity contribution in [1.29, 1.82) is 0 Å². The standard InChI is InChI=1S/C19H29N7/c1-23-19(21-16-22-23)15-25-8-4-5-17(14-25)13-24-9-11-26(12-10-24)18-6-2-3-7-20-18/h2-3,6-7,16-17H,4-5,8-15H2,1H3. The van der Waals surface area contributed by atoms with Crippen LogP contribution in [0.3, 0.4) is 0 Å². The van der Waals surface area contributed by atoms with Gasteiger partial charge in [0.25, 0.3) is 0 Å². The number of hydrogen-bond donors (Lipinski definition) is 0. The average molecular weight is 355 g/mol. The molecule has 2 aromatic heterocycles. The van der Waals surface area contributed by atoms with Gasteiger partial charge in [-0.2, -0.15) is 5.10 Å². The highest BCUT2D eigenvalue weighted by Crippen LogP contribution is 2.20. The van der Waals surface area contributed by atoms with Gasteiger partial charge in [-0.1, -0.05) is 6.07 Å². The Morgan fingerprint density at radius 2 is 1.92 bits per heavy atom. The Balaban J connectivity index is 1.25. The third-order valence-corrected chi connectivity index (χ3v) is 5.64. The predicted molar refractivity (Wildman–Crippen MR) is 102 cm³/mol. The Morgan fingerprint density at radius 1 is 1.04 bits per heavy atom. The highest BCUT2D eigenvalue weighted by Gasteiger charge is 2.25. The van der Waals surface area contributed by atoms with Crippen molar-refractivity contribution in [1.82, 2.24) is 29.5 Å². The molecule has 1 unspecified atom stereocenters. The monoisotopic (exact) mass is 355 g/mol. The topological polar surface area (TPSA) is 53.3 Å². The molecule has 4 heterocycles. The fraction of sp³-hybridized carbons (Fsp3) is 0.632. The summed E-state index contributed by atoms with van der Waals surface area (Å²) < 4.78 is 1.89. The largest absolute Gasteiger partial charge is 0.354 e. The Bertz CT molecular complexity index is 678. The molecule has 2 saturated heterocycles. The molecule has 4 rings (SSSR count). The van der Waals surface area contributed by atoms with Crippen molar-refractivity contribution in [3.8, 4) is 0 Å². The number of nitrogens with zero attached hydrogens (tertiary/aromatic N) is 7. The van der Waals surface area contributed by atoms with Gasteiger partial charge in [0.2, 0.25) is 0 Å². The first-order valence-electron chi connectivity index (χ1n) is 9.71. The summed E-state index contributed by atoms with van der Waals surface area (Å²) in [6.45, 7) is 8.90. The van der Waals surface area contributed by atoms with E-state index >= 15 is 0 Å². The van der Waals surface area contributed by atoms with Crippen molar-refractivity contribution >= 4 is 5.82 Å². The Kier molecular flexibility index (Phi) is 5.45. The van der Waals surface area contributed by atoms with Crippen LogP contribution in [0.25, 0.3) is 0 Å². The molecule has 26 heavy (non-hydrogen) atoms. The minimum atomic E-state index is 0.762. The van der Waals surface area contributed by atoms with Gasteiger partial charge in [0.1, 0.15) is 18.0 Å². The molecule has 7 nitrogen and oxygen atoms in total. The van der Waals surface area contributed by atoms with Crippen LogP contribution in [0.15, 0.2) is 30.7 Å². The molecule has 2 aliphatic heterocycles. The van der Waals surface area contributed by atoms with Gasteiger partial charge >= 0.3 is 0 Å². The van der Waals surface area contributed by atoms with Crippen LogP contribution in [0, 0.1) is 5.92 Å². The molecule has 0 amide bonds. The Labute approximate surface area is 155 Å². The zero-order chi connectivity index (χ0) is 17.8. The Hall–Kier alpha value is -1.99. The van der Waals surface area contributed by atoms with Crippen LogP contribution < -0.4 is 4.90 Å². The second-order valence-corrected chi connectivity index (χ2v) is 7.52. The first kappa shape index (κ1) is 17.4. The number of aryl methyl sites for hydroxylation is 1. The third kappa shape index (κ3) is 4.22. The number of piperazine rings is 1. The summed E-state index contributed by atoms with van der Waals surface area (Å²) in [6, 6.07) is 6.17. The minimum Gasteiger partial charge on any atom is -0.354 e. The minimum absolute atomic E-state index is 0.762. The summed E-state index contributed by atoms with van der Waals surface area (Å²) in [7, 11) is 1.98. The number of piperidine rings is 1. The molecule has 0 bridgehead atoms. The number of hydrogen-bond acceptors (Lipinski definition) is 6. The van der Waals surface area contributed by atoms with E-state index < -0.39 is 0 Å². The summed E-state index contributed by atoms with van der Waals surface area (Å²) >= 11 is 0. The lowest BCUT2D eigenvalue weighted by molar-refractivity contribution is 0.122. The number of pyridine rings is 1. The van der Waals surface area contributed by atoms with Crippen molar-refractivity contribution in [2.75, 3.05) is 50.7 Å². The molecule has 0 saturated carbocycles. The van der Waals surface area contributed by atoms with E-state index in [1.165, 1.54) is 32.5 Å². The molecule has 2 fully saturated rings. The second kappa shape index (κ2) is 8.14. The third-order valence-electron chi connectivity index (χ3n) is 5.64. The number of rotatable bonds is 5. The van der Waals surface area contributed by atoms with Gasteiger partial charge in [0.15, 0.2) is 0 Å². The van der Waals surface area contributed by atoms with Crippen LogP contribution in [0.1, 0.15) is 18.7 Å². The smallest absolute Gasteiger partial charge is 0.140 e. The summed E-state index contributed by atoms with van der Waals surface area (Å²) in [5, 5.41) is 4.19. The maximum absolute atomic E-state index is 4.48. The van der Waals surface area contributed by atoms with E-state index in [1.54, 1.807) is 6.33 Å². The molecule has 0 N–H and O–H groups in total. The van der Waals surface area contributed by atoms with Gasteiger partial charge in [-0.3, -0.25) is 14.5 Å². The second-order valence-electron chi connectivity index (χ2n) is 7.52.